The smallest absolute Gasteiger partial charge is 0.230 e. The van der Waals surface area contributed by atoms with E-state index >= 15 is 0 Å². The molecule has 0 aromatic heterocycles. The number of rotatable bonds is 5. The van der Waals surface area contributed by atoms with Crippen LogP contribution >= 0.6 is 11.6 Å². The van der Waals surface area contributed by atoms with E-state index < -0.39 is 5.41 Å². The first kappa shape index (κ1) is 16.3. The lowest BCUT2D eigenvalue weighted by Crippen LogP contribution is -2.36. The molecule has 2 aromatic carbocycles. The highest BCUT2D eigenvalue weighted by atomic mass is 35.5. The maximum absolute atomic E-state index is 12.7. The van der Waals surface area contributed by atoms with Gasteiger partial charge in [0.15, 0.2) is 11.5 Å². The van der Waals surface area contributed by atoms with Crippen LogP contribution in [0.1, 0.15) is 24.0 Å². The number of hydrogen-bond donors (Lipinski definition) is 1. The second-order valence-corrected chi connectivity index (χ2v) is 7.01. The van der Waals surface area contributed by atoms with Crippen molar-refractivity contribution < 1.29 is 14.3 Å². The number of amides is 1. The van der Waals surface area contributed by atoms with Crippen LogP contribution < -0.4 is 14.8 Å². The Bertz CT molecular complexity index is 801. The molecule has 1 saturated carbocycles. The lowest BCUT2D eigenvalue weighted by atomic mass is 9.94. The molecule has 1 fully saturated rings. The lowest BCUT2D eigenvalue weighted by Gasteiger charge is -2.21. The second kappa shape index (κ2) is 6.60. The van der Waals surface area contributed by atoms with Crippen molar-refractivity contribution in [2.45, 2.75) is 24.7 Å². The van der Waals surface area contributed by atoms with E-state index in [-0.39, 0.29) is 5.91 Å². The zero-order valence-corrected chi connectivity index (χ0v) is 14.6. The summed E-state index contributed by atoms with van der Waals surface area (Å²) in [5.41, 5.74) is 1.72. The summed E-state index contributed by atoms with van der Waals surface area (Å²) >= 11 is 6.00. The van der Waals surface area contributed by atoms with Gasteiger partial charge in [0.1, 0.15) is 13.2 Å². The molecular weight excluding hydrogens is 338 g/mol. The van der Waals surface area contributed by atoms with Crippen LogP contribution in [0.25, 0.3) is 0 Å². The fourth-order valence-corrected chi connectivity index (χ4v) is 3.51. The van der Waals surface area contributed by atoms with Crippen LogP contribution in [-0.2, 0) is 16.6 Å². The Morgan fingerprint density at radius 1 is 1.08 bits per heavy atom. The van der Waals surface area contributed by atoms with Gasteiger partial charge in [-0.1, -0.05) is 29.8 Å². The molecule has 2 aromatic rings. The summed E-state index contributed by atoms with van der Waals surface area (Å²) in [6.07, 6.45) is 2.51. The summed E-state index contributed by atoms with van der Waals surface area (Å²) in [7, 11) is 0. The summed E-state index contributed by atoms with van der Waals surface area (Å²) in [6.45, 7) is 1.72. The highest BCUT2D eigenvalue weighted by Crippen LogP contribution is 2.50. The van der Waals surface area contributed by atoms with Crippen molar-refractivity contribution >= 4 is 17.5 Å². The summed E-state index contributed by atoms with van der Waals surface area (Å²) in [5.74, 6) is 1.58. The summed E-state index contributed by atoms with van der Waals surface area (Å²) in [6, 6.07) is 13.6. The SMILES string of the molecule is O=C(NCCc1cccc(Cl)c1)C1(c2ccc3c(c2)OCCO3)CC1. The Morgan fingerprint density at radius 2 is 1.88 bits per heavy atom. The number of halogens is 1. The van der Waals surface area contributed by atoms with Crippen LogP contribution in [0.15, 0.2) is 42.5 Å². The number of ether oxygens (including phenoxy) is 2. The molecule has 25 heavy (non-hydrogen) atoms. The molecule has 1 heterocycles. The molecule has 0 radical (unpaired) electrons. The van der Waals surface area contributed by atoms with E-state index in [1.807, 2.05) is 42.5 Å². The number of fused-ring (bicyclic) bond motifs is 1. The lowest BCUT2D eigenvalue weighted by molar-refractivity contribution is -0.123. The van der Waals surface area contributed by atoms with Gasteiger partial charge in [0.2, 0.25) is 5.91 Å². The highest BCUT2D eigenvalue weighted by Gasteiger charge is 2.51. The van der Waals surface area contributed by atoms with Gasteiger partial charge in [-0.3, -0.25) is 4.79 Å². The molecule has 0 atom stereocenters. The Hall–Kier alpha value is -2.20. The molecule has 1 aliphatic carbocycles. The van der Waals surface area contributed by atoms with Crippen molar-refractivity contribution in [1.82, 2.24) is 5.32 Å². The molecule has 1 aliphatic heterocycles. The third-order valence-corrected chi connectivity index (χ3v) is 5.10. The van der Waals surface area contributed by atoms with Crippen molar-refractivity contribution in [2.75, 3.05) is 19.8 Å². The van der Waals surface area contributed by atoms with Crippen molar-refractivity contribution in [3.05, 3.63) is 58.6 Å². The van der Waals surface area contributed by atoms with E-state index in [0.29, 0.717) is 19.8 Å². The van der Waals surface area contributed by atoms with E-state index in [4.69, 9.17) is 21.1 Å². The highest BCUT2D eigenvalue weighted by molar-refractivity contribution is 6.30. The maximum atomic E-state index is 12.7. The van der Waals surface area contributed by atoms with E-state index in [9.17, 15) is 4.79 Å². The molecule has 2 aliphatic rings. The fourth-order valence-electron chi connectivity index (χ4n) is 3.29. The van der Waals surface area contributed by atoms with Gasteiger partial charge in [-0.2, -0.15) is 0 Å². The summed E-state index contributed by atoms with van der Waals surface area (Å²) in [4.78, 5) is 12.7. The Balaban J connectivity index is 1.41. The molecule has 0 unspecified atom stereocenters. The molecule has 0 spiro atoms. The minimum Gasteiger partial charge on any atom is -0.486 e. The Labute approximate surface area is 152 Å². The monoisotopic (exact) mass is 357 g/mol. The van der Waals surface area contributed by atoms with Gasteiger partial charge in [0.25, 0.3) is 0 Å². The van der Waals surface area contributed by atoms with Crippen LogP contribution in [0.2, 0.25) is 5.02 Å². The first-order valence-corrected chi connectivity index (χ1v) is 8.98. The third kappa shape index (κ3) is 3.31. The average Bonchev–Trinajstić information content (AvgIpc) is 3.43. The normalized spacial score (nSPS) is 17.0. The van der Waals surface area contributed by atoms with Crippen molar-refractivity contribution in [3.8, 4) is 11.5 Å². The first-order chi connectivity index (χ1) is 12.2. The Kier molecular flexibility index (Phi) is 4.30. The molecule has 4 rings (SSSR count). The van der Waals surface area contributed by atoms with E-state index in [2.05, 4.69) is 5.32 Å². The topological polar surface area (TPSA) is 47.6 Å². The maximum Gasteiger partial charge on any atom is 0.230 e. The third-order valence-electron chi connectivity index (χ3n) is 4.87. The quantitative estimate of drug-likeness (QED) is 0.890. The average molecular weight is 358 g/mol. The minimum absolute atomic E-state index is 0.0891. The van der Waals surface area contributed by atoms with Crippen LogP contribution in [0, 0.1) is 0 Å². The molecule has 130 valence electrons. The summed E-state index contributed by atoms with van der Waals surface area (Å²) in [5, 5.41) is 3.80. The molecule has 4 nitrogen and oxygen atoms in total. The molecule has 5 heteroatoms. The molecule has 0 bridgehead atoms. The molecule has 1 amide bonds. The predicted molar refractivity (Wildman–Crippen MR) is 96.5 cm³/mol. The fraction of sp³-hybridized carbons (Fsp3) is 0.350. The minimum atomic E-state index is -0.413. The van der Waals surface area contributed by atoms with Gasteiger partial charge in [0.05, 0.1) is 5.41 Å². The number of carbonyl (C=O) groups is 1. The van der Waals surface area contributed by atoms with Crippen molar-refractivity contribution in [2.24, 2.45) is 0 Å². The first-order valence-electron chi connectivity index (χ1n) is 8.60. The van der Waals surface area contributed by atoms with E-state index in [0.717, 1.165) is 46.9 Å². The number of benzene rings is 2. The number of hydrogen-bond acceptors (Lipinski definition) is 3. The predicted octanol–water partition coefficient (Wildman–Crippen LogP) is 3.50. The van der Waals surface area contributed by atoms with Gasteiger partial charge in [-0.05, 0) is 54.7 Å². The van der Waals surface area contributed by atoms with Gasteiger partial charge in [-0.15, -0.1) is 0 Å². The molecular formula is C20H20ClNO3. The van der Waals surface area contributed by atoms with Crippen molar-refractivity contribution in [3.63, 3.8) is 0 Å². The van der Waals surface area contributed by atoms with Crippen LogP contribution in [-0.4, -0.2) is 25.7 Å². The number of carbonyl (C=O) groups excluding carboxylic acids is 1. The zero-order chi connectivity index (χ0) is 17.3. The van der Waals surface area contributed by atoms with Crippen molar-refractivity contribution in [1.29, 1.82) is 0 Å². The summed E-state index contributed by atoms with van der Waals surface area (Å²) < 4.78 is 11.2. The van der Waals surface area contributed by atoms with Crippen LogP contribution in [0.5, 0.6) is 11.5 Å². The van der Waals surface area contributed by atoms with Gasteiger partial charge < -0.3 is 14.8 Å². The van der Waals surface area contributed by atoms with E-state index in [1.165, 1.54) is 0 Å². The van der Waals surface area contributed by atoms with Gasteiger partial charge in [0, 0.05) is 11.6 Å². The molecule has 1 N–H and O–H groups in total. The van der Waals surface area contributed by atoms with Crippen LogP contribution in [0.3, 0.4) is 0 Å². The Morgan fingerprint density at radius 3 is 2.64 bits per heavy atom. The standard InChI is InChI=1S/C20H20ClNO3/c21-16-3-1-2-14(12-16)6-9-22-19(23)20(7-8-20)15-4-5-17-18(13-15)25-11-10-24-17/h1-5,12-13H,6-11H2,(H,22,23). The number of nitrogens with one attached hydrogen (secondary N) is 1. The van der Waals surface area contributed by atoms with Gasteiger partial charge >= 0.3 is 0 Å². The second-order valence-electron chi connectivity index (χ2n) is 6.58. The van der Waals surface area contributed by atoms with E-state index in [1.54, 1.807) is 0 Å². The zero-order valence-electron chi connectivity index (χ0n) is 13.9. The van der Waals surface area contributed by atoms with Crippen LogP contribution in [0.4, 0.5) is 0 Å². The van der Waals surface area contributed by atoms with Gasteiger partial charge in [-0.25, -0.2) is 0 Å². The molecule has 0 saturated heterocycles. The largest absolute Gasteiger partial charge is 0.486 e.